The Kier molecular flexibility index (Phi) is 7.04. The summed E-state index contributed by atoms with van der Waals surface area (Å²) in [6, 6.07) is 9.68. The van der Waals surface area contributed by atoms with E-state index >= 15 is 0 Å². The SMILES string of the molecule is COc1ccc(/C(C)=N/NC(=O)C(=O)Nc2cc(Cl)ccc2Cl)cc1OC. The van der Waals surface area contributed by atoms with Gasteiger partial charge in [0.25, 0.3) is 0 Å². The number of nitrogens with one attached hydrogen (secondary N) is 2. The lowest BCUT2D eigenvalue weighted by atomic mass is 10.1. The van der Waals surface area contributed by atoms with Crippen LogP contribution in [0.25, 0.3) is 0 Å². The van der Waals surface area contributed by atoms with E-state index in [2.05, 4.69) is 15.8 Å². The maximum atomic E-state index is 12.0. The molecule has 0 spiro atoms. The van der Waals surface area contributed by atoms with Gasteiger partial charge in [0.05, 0.1) is 30.6 Å². The highest BCUT2D eigenvalue weighted by atomic mass is 35.5. The van der Waals surface area contributed by atoms with Crippen LogP contribution in [-0.2, 0) is 9.59 Å². The molecule has 7 nitrogen and oxygen atoms in total. The summed E-state index contributed by atoms with van der Waals surface area (Å²) in [6.07, 6.45) is 0. The van der Waals surface area contributed by atoms with Gasteiger partial charge in [-0.2, -0.15) is 5.10 Å². The van der Waals surface area contributed by atoms with E-state index in [1.54, 1.807) is 31.2 Å². The number of rotatable bonds is 5. The topological polar surface area (TPSA) is 89.0 Å². The molecule has 2 aromatic carbocycles. The predicted molar refractivity (Wildman–Crippen MR) is 105 cm³/mol. The number of carbonyl (C=O) groups is 2. The molecule has 0 radical (unpaired) electrons. The Bertz CT molecular complexity index is 900. The number of hydrazone groups is 1. The van der Waals surface area contributed by atoms with E-state index in [1.807, 2.05) is 0 Å². The smallest absolute Gasteiger partial charge is 0.329 e. The summed E-state index contributed by atoms with van der Waals surface area (Å²) in [6.45, 7) is 1.67. The van der Waals surface area contributed by atoms with E-state index in [4.69, 9.17) is 32.7 Å². The second-order valence-corrected chi connectivity index (χ2v) is 6.13. The van der Waals surface area contributed by atoms with Crippen molar-refractivity contribution in [3.05, 3.63) is 52.0 Å². The van der Waals surface area contributed by atoms with Gasteiger partial charge in [0.15, 0.2) is 11.5 Å². The summed E-state index contributed by atoms with van der Waals surface area (Å²) < 4.78 is 10.4. The molecular formula is C18H17Cl2N3O4. The first-order valence-corrected chi connectivity index (χ1v) is 8.44. The molecule has 0 aliphatic rings. The van der Waals surface area contributed by atoms with E-state index in [-0.39, 0.29) is 10.7 Å². The fraction of sp³-hybridized carbons (Fsp3) is 0.167. The highest BCUT2D eigenvalue weighted by Crippen LogP contribution is 2.28. The number of nitrogens with zero attached hydrogens (tertiary/aromatic N) is 1. The molecule has 9 heteroatoms. The summed E-state index contributed by atoms with van der Waals surface area (Å²) in [5, 5.41) is 6.93. The molecule has 2 rings (SSSR count). The van der Waals surface area contributed by atoms with Crippen LogP contribution >= 0.6 is 23.2 Å². The van der Waals surface area contributed by atoms with Gasteiger partial charge in [-0.05, 0) is 43.3 Å². The molecule has 0 bridgehead atoms. The Balaban J connectivity index is 2.06. The molecule has 2 aromatic rings. The predicted octanol–water partition coefficient (Wildman–Crippen LogP) is 3.49. The van der Waals surface area contributed by atoms with Crippen molar-refractivity contribution in [2.45, 2.75) is 6.92 Å². The van der Waals surface area contributed by atoms with E-state index in [9.17, 15) is 9.59 Å². The molecule has 2 N–H and O–H groups in total. The van der Waals surface area contributed by atoms with Gasteiger partial charge in [0.1, 0.15) is 0 Å². The van der Waals surface area contributed by atoms with Crippen LogP contribution in [0.1, 0.15) is 12.5 Å². The molecule has 142 valence electrons. The zero-order valence-corrected chi connectivity index (χ0v) is 16.3. The van der Waals surface area contributed by atoms with Crippen molar-refractivity contribution in [3.8, 4) is 11.5 Å². The van der Waals surface area contributed by atoms with Crippen LogP contribution in [0.2, 0.25) is 10.0 Å². The van der Waals surface area contributed by atoms with Crippen molar-refractivity contribution < 1.29 is 19.1 Å². The second-order valence-electron chi connectivity index (χ2n) is 5.29. The third kappa shape index (κ3) is 5.35. The van der Waals surface area contributed by atoms with Gasteiger partial charge in [-0.1, -0.05) is 23.2 Å². The van der Waals surface area contributed by atoms with Gasteiger partial charge in [-0.3, -0.25) is 9.59 Å². The van der Waals surface area contributed by atoms with E-state index in [0.29, 0.717) is 27.8 Å². The minimum absolute atomic E-state index is 0.227. The number of anilines is 1. The first-order chi connectivity index (χ1) is 12.8. The van der Waals surface area contributed by atoms with Crippen molar-refractivity contribution >= 4 is 46.4 Å². The Hall–Kier alpha value is -2.77. The monoisotopic (exact) mass is 409 g/mol. The Morgan fingerprint density at radius 1 is 0.963 bits per heavy atom. The average molecular weight is 410 g/mol. The van der Waals surface area contributed by atoms with E-state index < -0.39 is 11.8 Å². The molecule has 0 heterocycles. The van der Waals surface area contributed by atoms with Crippen LogP contribution in [0.15, 0.2) is 41.5 Å². The molecule has 0 saturated carbocycles. The van der Waals surface area contributed by atoms with Crippen molar-refractivity contribution in [1.29, 1.82) is 0 Å². The van der Waals surface area contributed by atoms with Crippen molar-refractivity contribution in [2.24, 2.45) is 5.10 Å². The molecule has 0 atom stereocenters. The lowest BCUT2D eigenvalue weighted by Gasteiger charge is -2.10. The highest BCUT2D eigenvalue weighted by Gasteiger charge is 2.15. The van der Waals surface area contributed by atoms with Crippen molar-refractivity contribution in [1.82, 2.24) is 5.43 Å². The maximum Gasteiger partial charge on any atom is 0.329 e. The van der Waals surface area contributed by atoms with E-state index in [1.165, 1.54) is 26.4 Å². The zero-order valence-electron chi connectivity index (χ0n) is 14.8. The van der Waals surface area contributed by atoms with Gasteiger partial charge >= 0.3 is 11.8 Å². The summed E-state index contributed by atoms with van der Waals surface area (Å²) in [7, 11) is 3.05. The lowest BCUT2D eigenvalue weighted by Crippen LogP contribution is -2.33. The Morgan fingerprint density at radius 3 is 2.33 bits per heavy atom. The number of carbonyl (C=O) groups excluding carboxylic acids is 2. The molecule has 0 unspecified atom stereocenters. The first-order valence-electron chi connectivity index (χ1n) is 7.68. The lowest BCUT2D eigenvalue weighted by molar-refractivity contribution is -0.136. The normalized spacial score (nSPS) is 10.9. The van der Waals surface area contributed by atoms with Crippen molar-refractivity contribution in [3.63, 3.8) is 0 Å². The Labute approximate surface area is 166 Å². The minimum Gasteiger partial charge on any atom is -0.493 e. The Morgan fingerprint density at radius 2 is 1.67 bits per heavy atom. The van der Waals surface area contributed by atoms with Crippen LogP contribution in [0.4, 0.5) is 5.69 Å². The maximum absolute atomic E-state index is 12.0. The number of hydrogen-bond donors (Lipinski definition) is 2. The second kappa shape index (κ2) is 9.25. The third-order valence-corrected chi connectivity index (χ3v) is 4.07. The number of halogens is 2. The van der Waals surface area contributed by atoms with Crippen LogP contribution in [0.3, 0.4) is 0 Å². The van der Waals surface area contributed by atoms with Gasteiger partial charge in [0.2, 0.25) is 0 Å². The first kappa shape index (κ1) is 20.5. The van der Waals surface area contributed by atoms with Gasteiger partial charge in [-0.25, -0.2) is 5.43 Å². The molecule has 2 amide bonds. The number of hydrogen-bond acceptors (Lipinski definition) is 5. The molecule has 0 aliphatic carbocycles. The summed E-state index contributed by atoms with van der Waals surface area (Å²) >= 11 is 11.8. The molecule has 0 aromatic heterocycles. The van der Waals surface area contributed by atoms with Gasteiger partial charge < -0.3 is 14.8 Å². The van der Waals surface area contributed by atoms with Gasteiger partial charge in [-0.15, -0.1) is 0 Å². The zero-order chi connectivity index (χ0) is 20.0. The largest absolute Gasteiger partial charge is 0.493 e. The number of ether oxygens (including phenoxy) is 2. The summed E-state index contributed by atoms with van der Waals surface area (Å²) in [4.78, 5) is 23.9. The number of methoxy groups -OCH3 is 2. The molecule has 0 aliphatic heterocycles. The minimum atomic E-state index is -0.953. The van der Waals surface area contributed by atoms with Crippen LogP contribution in [0, 0.1) is 0 Å². The molecule has 27 heavy (non-hydrogen) atoms. The number of benzene rings is 2. The van der Waals surface area contributed by atoms with E-state index in [0.717, 1.165) is 0 Å². The standard InChI is InChI=1S/C18H17Cl2N3O4/c1-10(11-4-7-15(26-2)16(8-11)27-3)22-23-18(25)17(24)21-14-9-12(19)5-6-13(14)20/h4-9H,1-3H3,(H,21,24)(H,23,25)/b22-10+. The molecule has 0 fully saturated rings. The third-order valence-electron chi connectivity index (χ3n) is 3.51. The molecule has 0 saturated heterocycles. The average Bonchev–Trinajstić information content (AvgIpc) is 2.67. The fourth-order valence-electron chi connectivity index (χ4n) is 2.08. The van der Waals surface area contributed by atoms with Gasteiger partial charge in [0, 0.05) is 10.6 Å². The van der Waals surface area contributed by atoms with Crippen LogP contribution < -0.4 is 20.2 Å². The van der Waals surface area contributed by atoms with Crippen LogP contribution in [0.5, 0.6) is 11.5 Å². The van der Waals surface area contributed by atoms with Crippen molar-refractivity contribution in [2.75, 3.05) is 19.5 Å². The summed E-state index contributed by atoms with van der Waals surface area (Å²) in [5.41, 5.74) is 3.57. The van der Waals surface area contributed by atoms with Crippen LogP contribution in [-0.4, -0.2) is 31.7 Å². The quantitative estimate of drug-likeness (QED) is 0.449. The summed E-state index contributed by atoms with van der Waals surface area (Å²) in [5.74, 6) is -0.797. The molecular weight excluding hydrogens is 393 g/mol. The fourth-order valence-corrected chi connectivity index (χ4v) is 2.42. The number of amides is 2. The highest BCUT2D eigenvalue weighted by molar-refractivity contribution is 6.42.